The molecule has 1 heterocycles. The second-order valence-electron chi connectivity index (χ2n) is 7.68. The number of amides is 2. The van der Waals surface area contributed by atoms with Gasteiger partial charge >= 0.3 is 0 Å². The van der Waals surface area contributed by atoms with Gasteiger partial charge in [-0.05, 0) is 61.2 Å². The average molecular weight is 456 g/mol. The fraction of sp³-hybridized carbons (Fsp3) is 0.250. The topological polar surface area (TPSA) is 52.7 Å². The van der Waals surface area contributed by atoms with Crippen LogP contribution < -0.4 is 10.2 Å². The van der Waals surface area contributed by atoms with Crippen molar-refractivity contribution in [3.05, 3.63) is 81.0 Å². The van der Waals surface area contributed by atoms with Gasteiger partial charge in [0.15, 0.2) is 0 Å². The summed E-state index contributed by atoms with van der Waals surface area (Å²) in [6, 6.07) is 16.4. The van der Waals surface area contributed by atoms with Crippen LogP contribution in [0.1, 0.15) is 39.4 Å². The van der Waals surface area contributed by atoms with Gasteiger partial charge in [0.25, 0.3) is 11.8 Å². The zero-order valence-corrected chi connectivity index (χ0v) is 19.6. The Labute approximate surface area is 192 Å². The lowest BCUT2D eigenvalue weighted by molar-refractivity contribution is 0.0690. The van der Waals surface area contributed by atoms with Gasteiger partial charge in [-0.3, -0.25) is 9.59 Å². The summed E-state index contributed by atoms with van der Waals surface area (Å²) in [4.78, 5) is 30.2. The number of thiophene rings is 1. The van der Waals surface area contributed by atoms with Gasteiger partial charge in [0.2, 0.25) is 0 Å². The third kappa shape index (κ3) is 5.46. The Morgan fingerprint density at radius 2 is 1.81 bits per heavy atom. The van der Waals surface area contributed by atoms with Crippen molar-refractivity contribution in [2.45, 2.75) is 26.4 Å². The Morgan fingerprint density at radius 3 is 2.42 bits per heavy atom. The van der Waals surface area contributed by atoms with Crippen LogP contribution in [0.5, 0.6) is 0 Å². The van der Waals surface area contributed by atoms with Gasteiger partial charge in [0.1, 0.15) is 0 Å². The second-order valence-corrected chi connectivity index (χ2v) is 9.03. The van der Waals surface area contributed by atoms with E-state index in [0.29, 0.717) is 27.7 Å². The smallest absolute Gasteiger partial charge is 0.265 e. The minimum atomic E-state index is -0.147. The van der Waals surface area contributed by atoms with E-state index in [1.807, 2.05) is 74.6 Å². The molecule has 7 heteroatoms. The first-order valence-electron chi connectivity index (χ1n) is 9.98. The van der Waals surface area contributed by atoms with E-state index in [1.54, 1.807) is 23.1 Å². The lowest BCUT2D eigenvalue weighted by Gasteiger charge is -2.29. The van der Waals surface area contributed by atoms with Gasteiger partial charge in [-0.15, -0.1) is 11.3 Å². The zero-order valence-electron chi connectivity index (χ0n) is 18.1. The number of anilines is 2. The summed E-state index contributed by atoms with van der Waals surface area (Å²) in [7, 11) is 3.91. The Bertz CT molecular complexity index is 1060. The fourth-order valence-corrected chi connectivity index (χ4v) is 4.12. The van der Waals surface area contributed by atoms with Crippen LogP contribution in [0.2, 0.25) is 5.02 Å². The monoisotopic (exact) mass is 455 g/mol. The number of carbonyl (C=O) groups excluding carboxylic acids is 2. The molecule has 1 N–H and O–H groups in total. The standard InChI is InChI=1S/C24H26ClN3O2S/c1-16(2)28(24(30)19-8-5-6-9-20(19)25)15-17-14-18(11-12-21(17)27(3)4)26-23(29)22-10-7-13-31-22/h5-14,16H,15H2,1-4H3,(H,26,29). The molecule has 1 aromatic heterocycles. The van der Waals surface area contributed by atoms with Crippen LogP contribution in [-0.2, 0) is 6.54 Å². The third-order valence-electron chi connectivity index (χ3n) is 4.89. The zero-order chi connectivity index (χ0) is 22.5. The van der Waals surface area contributed by atoms with E-state index in [0.717, 1.165) is 11.3 Å². The molecule has 0 radical (unpaired) electrons. The largest absolute Gasteiger partial charge is 0.377 e. The van der Waals surface area contributed by atoms with E-state index < -0.39 is 0 Å². The predicted molar refractivity (Wildman–Crippen MR) is 130 cm³/mol. The molecule has 0 atom stereocenters. The van der Waals surface area contributed by atoms with Gasteiger partial charge < -0.3 is 15.1 Å². The highest BCUT2D eigenvalue weighted by Crippen LogP contribution is 2.27. The van der Waals surface area contributed by atoms with Crippen LogP contribution in [0.4, 0.5) is 11.4 Å². The van der Waals surface area contributed by atoms with Crippen LogP contribution >= 0.6 is 22.9 Å². The molecule has 0 aliphatic carbocycles. The third-order valence-corrected chi connectivity index (χ3v) is 6.09. The van der Waals surface area contributed by atoms with Crippen molar-refractivity contribution in [2.24, 2.45) is 0 Å². The molecule has 0 spiro atoms. The minimum absolute atomic E-state index is 0.0387. The van der Waals surface area contributed by atoms with E-state index >= 15 is 0 Å². The van der Waals surface area contributed by atoms with Crippen molar-refractivity contribution < 1.29 is 9.59 Å². The lowest BCUT2D eigenvalue weighted by atomic mass is 10.1. The van der Waals surface area contributed by atoms with E-state index in [2.05, 4.69) is 5.32 Å². The van der Waals surface area contributed by atoms with Crippen LogP contribution in [0.3, 0.4) is 0 Å². The van der Waals surface area contributed by atoms with Crippen LogP contribution in [-0.4, -0.2) is 36.9 Å². The molecule has 5 nitrogen and oxygen atoms in total. The molecule has 3 aromatic rings. The Balaban J connectivity index is 1.91. The first kappa shape index (κ1) is 22.8. The van der Waals surface area contributed by atoms with Gasteiger partial charge in [0.05, 0.1) is 15.5 Å². The SMILES string of the molecule is CC(C)N(Cc1cc(NC(=O)c2cccs2)ccc1N(C)C)C(=O)c1ccccc1Cl. The normalized spacial score (nSPS) is 10.8. The summed E-state index contributed by atoms with van der Waals surface area (Å²) in [6.07, 6.45) is 0. The molecule has 2 aromatic carbocycles. The van der Waals surface area contributed by atoms with Gasteiger partial charge in [-0.2, -0.15) is 0 Å². The van der Waals surface area contributed by atoms with Crippen LogP contribution in [0, 0.1) is 0 Å². The first-order valence-corrected chi connectivity index (χ1v) is 11.2. The molecule has 31 heavy (non-hydrogen) atoms. The quantitative estimate of drug-likeness (QED) is 0.492. The lowest BCUT2D eigenvalue weighted by Crippen LogP contribution is -2.37. The van der Waals surface area contributed by atoms with Crippen molar-refractivity contribution >= 4 is 46.1 Å². The van der Waals surface area contributed by atoms with Crippen LogP contribution in [0.15, 0.2) is 60.0 Å². The maximum Gasteiger partial charge on any atom is 0.265 e. The van der Waals surface area contributed by atoms with Crippen molar-refractivity contribution in [1.29, 1.82) is 0 Å². The molecule has 2 amide bonds. The van der Waals surface area contributed by atoms with Crippen molar-refractivity contribution in [3.8, 4) is 0 Å². The summed E-state index contributed by atoms with van der Waals surface area (Å²) in [6.45, 7) is 4.34. The van der Waals surface area contributed by atoms with Crippen molar-refractivity contribution in [3.63, 3.8) is 0 Å². The molecule has 0 saturated carbocycles. The number of hydrogen-bond acceptors (Lipinski definition) is 4. The predicted octanol–water partition coefficient (Wildman–Crippen LogP) is 5.77. The maximum atomic E-state index is 13.3. The van der Waals surface area contributed by atoms with Crippen molar-refractivity contribution in [1.82, 2.24) is 4.90 Å². The highest BCUT2D eigenvalue weighted by Gasteiger charge is 2.23. The van der Waals surface area contributed by atoms with E-state index in [9.17, 15) is 9.59 Å². The Hall–Kier alpha value is -2.83. The van der Waals surface area contributed by atoms with Crippen LogP contribution in [0.25, 0.3) is 0 Å². The molecule has 0 fully saturated rings. The van der Waals surface area contributed by atoms with E-state index in [4.69, 9.17) is 11.6 Å². The highest BCUT2D eigenvalue weighted by molar-refractivity contribution is 7.12. The molecule has 0 bridgehead atoms. The number of nitrogens with zero attached hydrogens (tertiary/aromatic N) is 2. The Kier molecular flexibility index (Phi) is 7.36. The molecular weight excluding hydrogens is 430 g/mol. The second kappa shape index (κ2) is 9.98. The van der Waals surface area contributed by atoms with E-state index in [1.165, 1.54) is 11.3 Å². The molecule has 0 saturated heterocycles. The molecule has 0 unspecified atom stereocenters. The van der Waals surface area contributed by atoms with Gasteiger partial charge in [0, 0.05) is 38.1 Å². The molecule has 0 aliphatic heterocycles. The number of hydrogen-bond donors (Lipinski definition) is 1. The number of halogens is 1. The molecular formula is C24H26ClN3O2S. The number of rotatable bonds is 7. The summed E-state index contributed by atoms with van der Waals surface area (Å²) >= 11 is 7.68. The average Bonchev–Trinajstić information content (AvgIpc) is 3.26. The number of carbonyl (C=O) groups is 2. The first-order chi connectivity index (χ1) is 14.8. The summed E-state index contributed by atoms with van der Waals surface area (Å²) in [5, 5.41) is 5.26. The van der Waals surface area contributed by atoms with E-state index in [-0.39, 0.29) is 17.9 Å². The maximum absolute atomic E-state index is 13.3. The Morgan fingerprint density at radius 1 is 1.06 bits per heavy atom. The highest BCUT2D eigenvalue weighted by atomic mass is 35.5. The summed E-state index contributed by atoms with van der Waals surface area (Å²) in [5.74, 6) is -0.273. The van der Waals surface area contributed by atoms with Gasteiger partial charge in [-0.25, -0.2) is 0 Å². The molecule has 162 valence electrons. The fourth-order valence-electron chi connectivity index (χ4n) is 3.29. The number of nitrogens with one attached hydrogen (secondary N) is 1. The van der Waals surface area contributed by atoms with Crippen molar-refractivity contribution in [2.75, 3.05) is 24.3 Å². The molecule has 3 rings (SSSR count). The molecule has 0 aliphatic rings. The number of benzene rings is 2. The summed E-state index contributed by atoms with van der Waals surface area (Å²) in [5.41, 5.74) is 3.08. The summed E-state index contributed by atoms with van der Waals surface area (Å²) < 4.78 is 0. The minimum Gasteiger partial charge on any atom is -0.377 e. The van der Waals surface area contributed by atoms with Gasteiger partial charge in [-0.1, -0.05) is 29.8 Å².